The highest BCUT2D eigenvalue weighted by Crippen LogP contribution is 2.38. The Morgan fingerprint density at radius 3 is 2.56 bits per heavy atom. The van der Waals surface area contributed by atoms with Gasteiger partial charge in [0.15, 0.2) is 5.76 Å². The molecule has 0 atom stereocenters. The molecule has 1 aromatic heterocycles. The van der Waals surface area contributed by atoms with Crippen LogP contribution in [0.3, 0.4) is 0 Å². The fraction of sp³-hybridized carbons (Fsp3) is 0.185. The molecule has 1 aliphatic rings. The van der Waals surface area contributed by atoms with E-state index in [0.717, 1.165) is 46.7 Å². The van der Waals surface area contributed by atoms with Crippen LogP contribution in [0, 0.1) is 0 Å². The Hall–Kier alpha value is -3.86. The minimum Gasteiger partial charge on any atom is -0.493 e. The maximum atomic E-state index is 13.1. The highest BCUT2D eigenvalue weighted by atomic mass is 16.5. The lowest BCUT2D eigenvalue weighted by Crippen LogP contribution is -2.26. The molecule has 0 radical (unpaired) electrons. The molecule has 0 bridgehead atoms. The van der Waals surface area contributed by atoms with E-state index >= 15 is 0 Å². The number of aromatic nitrogens is 1. The molecule has 5 heteroatoms. The van der Waals surface area contributed by atoms with Gasteiger partial charge in [0.2, 0.25) is 0 Å². The highest BCUT2D eigenvalue weighted by Gasteiger charge is 2.25. The SMILES string of the molecule is CCOc1ccccc1C(=O)N(C)c1ccc(-c2onc3c2CCc2ccccc2-3)cc1. The number of hydrogen-bond acceptors (Lipinski definition) is 4. The van der Waals surface area contributed by atoms with E-state index in [-0.39, 0.29) is 5.91 Å². The molecule has 0 fully saturated rings. The van der Waals surface area contributed by atoms with Crippen molar-refractivity contribution >= 4 is 11.6 Å². The Morgan fingerprint density at radius 1 is 1.00 bits per heavy atom. The topological polar surface area (TPSA) is 55.6 Å². The largest absolute Gasteiger partial charge is 0.493 e. The van der Waals surface area contributed by atoms with Crippen LogP contribution in [-0.4, -0.2) is 24.7 Å². The molecular formula is C27H24N2O3. The Morgan fingerprint density at radius 2 is 1.75 bits per heavy atom. The molecule has 1 amide bonds. The molecule has 32 heavy (non-hydrogen) atoms. The van der Waals surface area contributed by atoms with Gasteiger partial charge in [0.05, 0.1) is 12.2 Å². The Labute approximate surface area is 187 Å². The molecule has 160 valence electrons. The third kappa shape index (κ3) is 3.46. The fourth-order valence-electron chi connectivity index (χ4n) is 4.27. The zero-order valence-corrected chi connectivity index (χ0v) is 18.2. The Kier molecular flexibility index (Phi) is 5.23. The Bertz CT molecular complexity index is 1270. The number of fused-ring (bicyclic) bond motifs is 3. The third-order valence-electron chi connectivity index (χ3n) is 5.94. The molecule has 5 rings (SSSR count). The molecule has 0 unspecified atom stereocenters. The van der Waals surface area contributed by atoms with Gasteiger partial charge in [0.1, 0.15) is 11.4 Å². The van der Waals surface area contributed by atoms with Crippen molar-refractivity contribution in [3.63, 3.8) is 0 Å². The first kappa shape index (κ1) is 20.1. The summed E-state index contributed by atoms with van der Waals surface area (Å²) >= 11 is 0. The van der Waals surface area contributed by atoms with Crippen LogP contribution in [0.1, 0.15) is 28.4 Å². The fourth-order valence-corrected chi connectivity index (χ4v) is 4.27. The summed E-state index contributed by atoms with van der Waals surface area (Å²) in [6.07, 6.45) is 1.88. The minimum atomic E-state index is -0.115. The zero-order chi connectivity index (χ0) is 22.1. The maximum Gasteiger partial charge on any atom is 0.261 e. The number of carbonyl (C=O) groups is 1. The van der Waals surface area contributed by atoms with Crippen LogP contribution in [0.2, 0.25) is 0 Å². The minimum absolute atomic E-state index is 0.115. The summed E-state index contributed by atoms with van der Waals surface area (Å²) in [7, 11) is 1.77. The molecule has 5 nitrogen and oxygen atoms in total. The third-order valence-corrected chi connectivity index (χ3v) is 5.94. The van der Waals surface area contributed by atoms with E-state index in [1.807, 2.05) is 55.5 Å². The van der Waals surface area contributed by atoms with Crippen molar-refractivity contribution in [3.8, 4) is 28.3 Å². The second-order valence-electron chi connectivity index (χ2n) is 7.84. The van der Waals surface area contributed by atoms with E-state index in [1.54, 1.807) is 18.0 Å². The van der Waals surface area contributed by atoms with Crippen molar-refractivity contribution in [1.29, 1.82) is 0 Å². The van der Waals surface area contributed by atoms with Gasteiger partial charge in [-0.25, -0.2) is 0 Å². The number of nitrogens with zero attached hydrogens (tertiary/aromatic N) is 2. The Balaban J connectivity index is 1.41. The first-order chi connectivity index (χ1) is 15.7. The van der Waals surface area contributed by atoms with E-state index < -0.39 is 0 Å². The van der Waals surface area contributed by atoms with Crippen molar-refractivity contribution in [2.24, 2.45) is 0 Å². The van der Waals surface area contributed by atoms with Crippen molar-refractivity contribution < 1.29 is 14.1 Å². The van der Waals surface area contributed by atoms with Crippen LogP contribution >= 0.6 is 0 Å². The zero-order valence-electron chi connectivity index (χ0n) is 18.2. The maximum absolute atomic E-state index is 13.1. The summed E-state index contributed by atoms with van der Waals surface area (Å²) in [6, 6.07) is 23.5. The number of amides is 1. The van der Waals surface area contributed by atoms with Crippen LogP contribution in [0.25, 0.3) is 22.6 Å². The van der Waals surface area contributed by atoms with Crippen LogP contribution in [0.5, 0.6) is 5.75 Å². The van der Waals surface area contributed by atoms with Gasteiger partial charge in [-0.3, -0.25) is 4.79 Å². The van der Waals surface area contributed by atoms with Gasteiger partial charge in [-0.15, -0.1) is 0 Å². The lowest BCUT2D eigenvalue weighted by molar-refractivity contribution is 0.0989. The normalized spacial score (nSPS) is 12.1. The standard InChI is InChI=1S/C27H24N2O3/c1-3-31-24-11-7-6-10-22(24)27(30)29(2)20-15-12-19(13-16-20)26-23-17-14-18-8-4-5-9-21(18)25(23)28-32-26/h4-13,15-16H,3,14,17H2,1-2H3. The van der Waals surface area contributed by atoms with Crippen LogP contribution in [0.15, 0.2) is 77.3 Å². The van der Waals surface area contributed by atoms with Crippen molar-refractivity contribution in [1.82, 2.24) is 5.16 Å². The second-order valence-corrected chi connectivity index (χ2v) is 7.84. The molecule has 0 aliphatic heterocycles. The summed E-state index contributed by atoms with van der Waals surface area (Å²) in [6.45, 7) is 2.42. The molecule has 4 aromatic rings. The van der Waals surface area contributed by atoms with E-state index in [4.69, 9.17) is 9.26 Å². The van der Waals surface area contributed by atoms with E-state index in [9.17, 15) is 4.79 Å². The van der Waals surface area contributed by atoms with Crippen molar-refractivity contribution in [2.75, 3.05) is 18.6 Å². The van der Waals surface area contributed by atoms with E-state index in [1.165, 1.54) is 5.56 Å². The summed E-state index contributed by atoms with van der Waals surface area (Å²) in [4.78, 5) is 14.7. The van der Waals surface area contributed by atoms with E-state index in [0.29, 0.717) is 17.9 Å². The number of ether oxygens (including phenoxy) is 1. The highest BCUT2D eigenvalue weighted by molar-refractivity contribution is 6.07. The lowest BCUT2D eigenvalue weighted by atomic mass is 9.88. The van der Waals surface area contributed by atoms with Gasteiger partial charge < -0.3 is 14.2 Å². The van der Waals surface area contributed by atoms with Gasteiger partial charge in [-0.1, -0.05) is 41.6 Å². The van der Waals surface area contributed by atoms with Crippen molar-refractivity contribution in [2.45, 2.75) is 19.8 Å². The number of para-hydroxylation sites is 1. The average molecular weight is 425 g/mol. The van der Waals surface area contributed by atoms with E-state index in [2.05, 4.69) is 23.4 Å². The first-order valence-corrected chi connectivity index (χ1v) is 10.8. The number of rotatable bonds is 5. The van der Waals surface area contributed by atoms with Crippen LogP contribution < -0.4 is 9.64 Å². The number of hydrogen-bond donors (Lipinski definition) is 0. The molecule has 0 spiro atoms. The molecule has 0 saturated heterocycles. The number of aryl methyl sites for hydroxylation is 1. The molecule has 3 aromatic carbocycles. The molecular weight excluding hydrogens is 400 g/mol. The molecule has 1 aliphatic carbocycles. The smallest absolute Gasteiger partial charge is 0.261 e. The average Bonchev–Trinajstić information content (AvgIpc) is 3.28. The predicted octanol–water partition coefficient (Wildman–Crippen LogP) is 5.78. The quantitative estimate of drug-likeness (QED) is 0.407. The van der Waals surface area contributed by atoms with Gasteiger partial charge in [-0.05, 0) is 61.7 Å². The van der Waals surface area contributed by atoms with Crippen LogP contribution in [-0.2, 0) is 12.8 Å². The van der Waals surface area contributed by atoms with Gasteiger partial charge in [-0.2, -0.15) is 0 Å². The number of carbonyl (C=O) groups excluding carboxylic acids is 1. The second kappa shape index (κ2) is 8.35. The van der Waals surface area contributed by atoms with Gasteiger partial charge in [0.25, 0.3) is 5.91 Å². The van der Waals surface area contributed by atoms with Crippen molar-refractivity contribution in [3.05, 3.63) is 89.5 Å². The number of anilines is 1. The molecule has 0 saturated carbocycles. The molecule has 1 heterocycles. The summed E-state index contributed by atoms with van der Waals surface area (Å²) in [5, 5.41) is 4.37. The summed E-state index contributed by atoms with van der Waals surface area (Å²) < 4.78 is 11.4. The van der Waals surface area contributed by atoms with Crippen LogP contribution in [0.4, 0.5) is 5.69 Å². The predicted molar refractivity (Wildman–Crippen MR) is 125 cm³/mol. The molecule has 0 N–H and O–H groups in total. The van der Waals surface area contributed by atoms with Gasteiger partial charge >= 0.3 is 0 Å². The first-order valence-electron chi connectivity index (χ1n) is 10.8. The van der Waals surface area contributed by atoms with Gasteiger partial charge in [0, 0.05) is 29.4 Å². The number of benzene rings is 3. The summed E-state index contributed by atoms with van der Waals surface area (Å²) in [5.41, 5.74) is 6.84. The monoisotopic (exact) mass is 424 g/mol. The summed E-state index contributed by atoms with van der Waals surface area (Å²) in [5.74, 6) is 1.28. The lowest BCUT2D eigenvalue weighted by Gasteiger charge is -2.19.